The summed E-state index contributed by atoms with van der Waals surface area (Å²) in [6, 6.07) is 17.9. The van der Waals surface area contributed by atoms with Crippen molar-refractivity contribution in [3.8, 4) is 0 Å². The Bertz CT molecular complexity index is 1160. The molecule has 0 aromatic heterocycles. The van der Waals surface area contributed by atoms with E-state index in [1.54, 1.807) is 41.3 Å². The molecule has 4 rings (SSSR count). The van der Waals surface area contributed by atoms with Gasteiger partial charge in [-0.05, 0) is 53.1 Å². The lowest BCUT2D eigenvalue weighted by atomic mass is 10.1. The van der Waals surface area contributed by atoms with Crippen LogP contribution < -0.4 is 9.62 Å². The number of methoxy groups -OCH3 is 1. The maximum absolute atomic E-state index is 12.8. The molecule has 3 aromatic rings. The fourth-order valence-corrected chi connectivity index (χ4v) is 4.56. The summed E-state index contributed by atoms with van der Waals surface area (Å²) in [6.45, 7) is 0.591. The lowest BCUT2D eigenvalue weighted by Gasteiger charge is -2.17. The number of sulfonamides is 1. The molecule has 0 fully saturated rings. The fourth-order valence-electron chi connectivity index (χ4n) is 3.47. The average Bonchev–Trinajstić information content (AvgIpc) is 3.11. The van der Waals surface area contributed by atoms with E-state index < -0.39 is 10.0 Å². The van der Waals surface area contributed by atoms with Crippen molar-refractivity contribution >= 4 is 38.1 Å². The van der Waals surface area contributed by atoms with Crippen LogP contribution in [0.2, 0.25) is 0 Å². The van der Waals surface area contributed by atoms with Gasteiger partial charge in [-0.15, -0.1) is 0 Å². The first kappa shape index (κ1) is 18.5. The zero-order valence-corrected chi connectivity index (χ0v) is 16.2. The van der Waals surface area contributed by atoms with Crippen molar-refractivity contribution in [1.82, 2.24) is 0 Å². The summed E-state index contributed by atoms with van der Waals surface area (Å²) in [7, 11) is -2.23. The van der Waals surface area contributed by atoms with E-state index in [1.807, 2.05) is 24.3 Å². The van der Waals surface area contributed by atoms with Crippen LogP contribution in [-0.2, 0) is 26.0 Å². The maximum atomic E-state index is 12.8. The highest BCUT2D eigenvalue weighted by Gasteiger charge is 2.25. The lowest BCUT2D eigenvalue weighted by Crippen LogP contribution is -2.31. The summed E-state index contributed by atoms with van der Waals surface area (Å²) in [5.41, 5.74) is 2.21. The molecule has 1 amide bonds. The van der Waals surface area contributed by atoms with E-state index in [4.69, 9.17) is 4.74 Å². The van der Waals surface area contributed by atoms with Crippen molar-refractivity contribution in [3.05, 3.63) is 66.2 Å². The SMILES string of the molecule is COCC(=O)N1CCc2cc(NS(=O)(=O)c3ccc4ccccc4c3)ccc21. The van der Waals surface area contributed by atoms with Gasteiger partial charge in [-0.1, -0.05) is 30.3 Å². The van der Waals surface area contributed by atoms with Gasteiger partial charge in [0.2, 0.25) is 0 Å². The second-order valence-corrected chi connectivity index (χ2v) is 8.37. The molecule has 0 radical (unpaired) electrons. The van der Waals surface area contributed by atoms with Gasteiger partial charge in [0, 0.05) is 25.0 Å². The van der Waals surface area contributed by atoms with Crippen LogP contribution in [0.25, 0.3) is 10.8 Å². The number of amides is 1. The molecule has 0 unspecified atom stereocenters. The van der Waals surface area contributed by atoms with Crippen molar-refractivity contribution in [3.63, 3.8) is 0 Å². The summed E-state index contributed by atoms with van der Waals surface area (Å²) in [5, 5.41) is 1.85. The van der Waals surface area contributed by atoms with E-state index in [1.165, 1.54) is 7.11 Å². The highest BCUT2D eigenvalue weighted by molar-refractivity contribution is 7.92. The highest BCUT2D eigenvalue weighted by atomic mass is 32.2. The first-order valence-corrected chi connectivity index (χ1v) is 10.4. The van der Waals surface area contributed by atoms with E-state index in [9.17, 15) is 13.2 Å². The highest BCUT2D eigenvalue weighted by Crippen LogP contribution is 2.31. The van der Waals surface area contributed by atoms with Gasteiger partial charge in [-0.3, -0.25) is 9.52 Å². The van der Waals surface area contributed by atoms with Gasteiger partial charge >= 0.3 is 0 Å². The number of ether oxygens (including phenoxy) is 1. The summed E-state index contributed by atoms with van der Waals surface area (Å²) >= 11 is 0. The van der Waals surface area contributed by atoms with Crippen LogP contribution >= 0.6 is 0 Å². The minimum Gasteiger partial charge on any atom is -0.375 e. The average molecular weight is 396 g/mol. The van der Waals surface area contributed by atoms with Crippen LogP contribution in [0, 0.1) is 0 Å². The first-order valence-electron chi connectivity index (χ1n) is 8.92. The van der Waals surface area contributed by atoms with Gasteiger partial charge in [0.15, 0.2) is 0 Å². The molecule has 1 heterocycles. The van der Waals surface area contributed by atoms with E-state index in [-0.39, 0.29) is 17.4 Å². The Morgan fingerprint density at radius 1 is 1.07 bits per heavy atom. The molecule has 3 aromatic carbocycles. The predicted octanol–water partition coefficient (Wildman–Crippen LogP) is 3.18. The monoisotopic (exact) mass is 396 g/mol. The first-order chi connectivity index (χ1) is 13.5. The third-order valence-electron chi connectivity index (χ3n) is 4.83. The van der Waals surface area contributed by atoms with Crippen LogP contribution in [-0.4, -0.2) is 34.6 Å². The van der Waals surface area contributed by atoms with E-state index >= 15 is 0 Å². The van der Waals surface area contributed by atoms with Crippen molar-refractivity contribution in [1.29, 1.82) is 0 Å². The standard InChI is InChI=1S/C21H20N2O4S/c1-27-14-21(24)23-11-10-17-12-18(7-9-20(17)23)22-28(25,26)19-8-6-15-4-2-3-5-16(15)13-19/h2-9,12-13,22H,10-11,14H2,1H3. The lowest BCUT2D eigenvalue weighted by molar-refractivity contribution is -0.122. The molecule has 28 heavy (non-hydrogen) atoms. The molecule has 0 atom stereocenters. The molecule has 144 valence electrons. The smallest absolute Gasteiger partial charge is 0.261 e. The van der Waals surface area contributed by atoms with Gasteiger partial charge in [0.1, 0.15) is 6.61 Å². The topological polar surface area (TPSA) is 75.7 Å². The fraction of sp³-hybridized carbons (Fsp3) is 0.190. The van der Waals surface area contributed by atoms with Gasteiger partial charge in [0.25, 0.3) is 15.9 Å². The third kappa shape index (κ3) is 3.46. The summed E-state index contributed by atoms with van der Waals surface area (Å²) < 4.78 is 33.2. The number of rotatable bonds is 5. The molecule has 0 aliphatic carbocycles. The second-order valence-electron chi connectivity index (χ2n) is 6.69. The number of fused-ring (bicyclic) bond motifs is 2. The minimum atomic E-state index is -3.71. The Morgan fingerprint density at radius 2 is 1.86 bits per heavy atom. The van der Waals surface area contributed by atoms with Crippen molar-refractivity contribution < 1.29 is 17.9 Å². The Hall–Kier alpha value is -2.90. The van der Waals surface area contributed by atoms with Gasteiger partial charge in [-0.25, -0.2) is 8.42 Å². The Balaban J connectivity index is 1.59. The van der Waals surface area contributed by atoms with Crippen LogP contribution in [0.4, 0.5) is 11.4 Å². The largest absolute Gasteiger partial charge is 0.375 e. The quantitative estimate of drug-likeness (QED) is 0.719. The number of nitrogens with one attached hydrogen (secondary N) is 1. The van der Waals surface area contributed by atoms with Gasteiger partial charge in [0.05, 0.1) is 4.90 Å². The maximum Gasteiger partial charge on any atom is 0.261 e. The molecule has 1 N–H and O–H groups in total. The van der Waals surface area contributed by atoms with Gasteiger partial charge < -0.3 is 9.64 Å². The van der Waals surface area contributed by atoms with Crippen molar-refractivity contribution in [2.75, 3.05) is 29.9 Å². The molecule has 0 saturated carbocycles. The molecule has 6 nitrogen and oxygen atoms in total. The summed E-state index contributed by atoms with van der Waals surface area (Å²) in [6.07, 6.45) is 0.677. The Kier molecular flexibility index (Phi) is 4.78. The third-order valence-corrected chi connectivity index (χ3v) is 6.21. The molecule has 0 bridgehead atoms. The molecular formula is C21H20N2O4S. The Labute approximate surface area is 163 Å². The Morgan fingerprint density at radius 3 is 2.64 bits per heavy atom. The number of nitrogens with zero attached hydrogens (tertiary/aromatic N) is 1. The number of benzene rings is 3. The number of carbonyl (C=O) groups excluding carboxylic acids is 1. The molecular weight excluding hydrogens is 376 g/mol. The van der Waals surface area contributed by atoms with Crippen molar-refractivity contribution in [2.24, 2.45) is 0 Å². The number of hydrogen-bond acceptors (Lipinski definition) is 4. The predicted molar refractivity (Wildman–Crippen MR) is 109 cm³/mol. The van der Waals surface area contributed by atoms with Crippen LogP contribution in [0.1, 0.15) is 5.56 Å². The second kappa shape index (κ2) is 7.26. The zero-order chi connectivity index (χ0) is 19.7. The minimum absolute atomic E-state index is 0.0236. The summed E-state index contributed by atoms with van der Waals surface area (Å²) in [4.78, 5) is 14.0. The molecule has 0 saturated heterocycles. The molecule has 0 spiro atoms. The van der Waals surface area contributed by atoms with Crippen LogP contribution in [0.15, 0.2) is 65.6 Å². The number of hydrogen-bond donors (Lipinski definition) is 1. The van der Waals surface area contributed by atoms with E-state index in [2.05, 4.69) is 4.72 Å². The summed E-state index contributed by atoms with van der Waals surface area (Å²) in [5.74, 6) is -0.106. The number of anilines is 2. The van der Waals surface area contributed by atoms with Crippen LogP contribution in [0.5, 0.6) is 0 Å². The number of carbonyl (C=O) groups is 1. The molecule has 1 aliphatic rings. The van der Waals surface area contributed by atoms with Crippen molar-refractivity contribution in [2.45, 2.75) is 11.3 Å². The molecule has 7 heteroatoms. The zero-order valence-electron chi connectivity index (χ0n) is 15.4. The molecule has 1 aliphatic heterocycles. The van der Waals surface area contributed by atoms with E-state index in [0.29, 0.717) is 18.7 Å². The normalized spacial score (nSPS) is 13.5. The van der Waals surface area contributed by atoms with Crippen LogP contribution in [0.3, 0.4) is 0 Å². The van der Waals surface area contributed by atoms with Gasteiger partial charge in [-0.2, -0.15) is 0 Å². The van der Waals surface area contributed by atoms with E-state index in [0.717, 1.165) is 22.0 Å².